The molecule has 1 aromatic rings. The molecule has 0 aliphatic carbocycles. The Hall–Kier alpha value is -1.57. The molecule has 0 aliphatic heterocycles. The topological polar surface area (TPSA) is 43.1 Å². The Morgan fingerprint density at radius 3 is 2.45 bits per heavy atom. The van der Waals surface area contributed by atoms with Crippen LogP contribution in [0.3, 0.4) is 0 Å². The van der Waals surface area contributed by atoms with Gasteiger partial charge in [0.15, 0.2) is 0 Å². The van der Waals surface area contributed by atoms with E-state index in [4.69, 9.17) is 5.73 Å². The van der Waals surface area contributed by atoms with E-state index in [9.17, 15) is 4.79 Å². The molecule has 110 valence electrons. The fourth-order valence-electron chi connectivity index (χ4n) is 2.58. The van der Waals surface area contributed by atoms with Gasteiger partial charge in [-0.2, -0.15) is 0 Å². The lowest BCUT2D eigenvalue weighted by Crippen LogP contribution is -2.19. The maximum atomic E-state index is 11.2. The first-order valence-corrected chi connectivity index (χ1v) is 7.67. The average molecular weight is 273 g/mol. The number of hydrogen-bond donors (Lipinski definition) is 1. The van der Waals surface area contributed by atoms with Gasteiger partial charge in [0, 0.05) is 5.57 Å². The minimum Gasteiger partial charge on any atom is -0.366 e. The highest BCUT2D eigenvalue weighted by atomic mass is 16.1. The van der Waals surface area contributed by atoms with E-state index in [1.54, 1.807) is 0 Å². The Morgan fingerprint density at radius 2 is 1.85 bits per heavy atom. The zero-order valence-electron chi connectivity index (χ0n) is 12.6. The van der Waals surface area contributed by atoms with Gasteiger partial charge in [0.1, 0.15) is 0 Å². The van der Waals surface area contributed by atoms with E-state index < -0.39 is 0 Å². The molecule has 0 heterocycles. The number of carbonyl (C=O) groups excluding carboxylic acids is 1. The average Bonchev–Trinajstić information content (AvgIpc) is 2.46. The van der Waals surface area contributed by atoms with Crippen LogP contribution in [0.5, 0.6) is 0 Å². The lowest BCUT2D eigenvalue weighted by molar-refractivity contribution is -0.115. The number of unbranched alkanes of at least 4 members (excludes halogenated alkanes) is 2. The Balaban J connectivity index is 2.24. The van der Waals surface area contributed by atoms with E-state index in [2.05, 4.69) is 37.8 Å². The molecule has 0 aromatic heterocycles. The van der Waals surface area contributed by atoms with Crippen LogP contribution in [-0.4, -0.2) is 5.91 Å². The van der Waals surface area contributed by atoms with Crippen LogP contribution in [-0.2, 0) is 11.2 Å². The second kappa shape index (κ2) is 9.35. The Labute approximate surface area is 123 Å². The van der Waals surface area contributed by atoms with Crippen LogP contribution in [0.4, 0.5) is 0 Å². The predicted octanol–water partition coefficient (Wildman–Crippen LogP) is 4.25. The van der Waals surface area contributed by atoms with Crippen molar-refractivity contribution in [1.82, 2.24) is 0 Å². The number of aryl methyl sites for hydroxylation is 1. The van der Waals surface area contributed by atoms with E-state index in [0.29, 0.717) is 5.57 Å². The Bertz CT molecular complexity index is 411. The first-order chi connectivity index (χ1) is 9.65. The maximum Gasteiger partial charge on any atom is 0.244 e. The van der Waals surface area contributed by atoms with Crippen LogP contribution in [0.25, 0.3) is 0 Å². The smallest absolute Gasteiger partial charge is 0.244 e. The molecule has 1 unspecified atom stereocenters. The summed E-state index contributed by atoms with van der Waals surface area (Å²) >= 11 is 0. The molecular weight excluding hydrogens is 246 g/mol. The molecule has 1 amide bonds. The normalized spacial score (nSPS) is 12.1. The minimum atomic E-state index is -0.340. The van der Waals surface area contributed by atoms with Crippen molar-refractivity contribution in [2.75, 3.05) is 0 Å². The van der Waals surface area contributed by atoms with Gasteiger partial charge in [0.2, 0.25) is 5.91 Å². The number of amides is 1. The number of nitrogens with two attached hydrogens (primary N) is 1. The van der Waals surface area contributed by atoms with Crippen molar-refractivity contribution in [2.45, 2.75) is 51.9 Å². The summed E-state index contributed by atoms with van der Waals surface area (Å²) in [5.74, 6) is -0.0676. The molecule has 1 rings (SSSR count). The Morgan fingerprint density at radius 1 is 1.15 bits per heavy atom. The van der Waals surface area contributed by atoms with E-state index >= 15 is 0 Å². The van der Waals surface area contributed by atoms with Crippen molar-refractivity contribution < 1.29 is 4.79 Å². The van der Waals surface area contributed by atoms with Crippen LogP contribution in [0.2, 0.25) is 0 Å². The number of benzene rings is 1. The van der Waals surface area contributed by atoms with Crippen molar-refractivity contribution in [3.63, 3.8) is 0 Å². The van der Waals surface area contributed by atoms with Crippen molar-refractivity contribution in [3.8, 4) is 0 Å². The lowest BCUT2D eigenvalue weighted by atomic mass is 9.89. The van der Waals surface area contributed by atoms with Crippen molar-refractivity contribution in [3.05, 3.63) is 48.0 Å². The third-order valence-electron chi connectivity index (χ3n) is 3.81. The predicted molar refractivity (Wildman–Crippen MR) is 85.3 cm³/mol. The molecule has 0 spiro atoms. The van der Waals surface area contributed by atoms with Crippen LogP contribution in [0, 0.1) is 5.92 Å². The minimum absolute atomic E-state index is 0.272. The van der Waals surface area contributed by atoms with Gasteiger partial charge >= 0.3 is 0 Å². The second-order valence-corrected chi connectivity index (χ2v) is 5.46. The number of hydrogen-bond acceptors (Lipinski definition) is 1. The summed E-state index contributed by atoms with van der Waals surface area (Å²) in [6.45, 7) is 5.98. The molecule has 0 bridgehead atoms. The molecule has 1 atom stereocenters. The van der Waals surface area contributed by atoms with Crippen LogP contribution >= 0.6 is 0 Å². The van der Waals surface area contributed by atoms with Gasteiger partial charge in [-0.25, -0.2) is 0 Å². The SMILES string of the molecule is C=C(C(N)=O)C(CCC)CCCCCc1ccccc1. The highest BCUT2D eigenvalue weighted by molar-refractivity contribution is 5.91. The quantitative estimate of drug-likeness (QED) is 0.502. The molecule has 0 saturated carbocycles. The first-order valence-electron chi connectivity index (χ1n) is 7.67. The zero-order chi connectivity index (χ0) is 14.8. The third kappa shape index (κ3) is 6.05. The van der Waals surface area contributed by atoms with Crippen LogP contribution in [0.1, 0.15) is 51.0 Å². The summed E-state index contributed by atoms with van der Waals surface area (Å²) in [6.07, 6.45) is 7.79. The summed E-state index contributed by atoms with van der Waals surface area (Å²) in [4.78, 5) is 11.2. The van der Waals surface area contributed by atoms with E-state index in [-0.39, 0.29) is 11.8 Å². The number of rotatable bonds is 10. The van der Waals surface area contributed by atoms with Gasteiger partial charge in [-0.15, -0.1) is 0 Å². The first kappa shape index (κ1) is 16.5. The fraction of sp³-hybridized carbons (Fsp3) is 0.500. The highest BCUT2D eigenvalue weighted by Crippen LogP contribution is 2.22. The summed E-state index contributed by atoms with van der Waals surface area (Å²) in [5, 5.41) is 0. The number of carbonyl (C=O) groups is 1. The van der Waals surface area contributed by atoms with Crippen LogP contribution < -0.4 is 5.73 Å². The van der Waals surface area contributed by atoms with Crippen LogP contribution in [0.15, 0.2) is 42.5 Å². The summed E-state index contributed by atoms with van der Waals surface area (Å²) in [6, 6.07) is 10.6. The van der Waals surface area contributed by atoms with E-state index in [1.807, 2.05) is 6.07 Å². The van der Waals surface area contributed by atoms with Gasteiger partial charge in [0.05, 0.1) is 0 Å². The third-order valence-corrected chi connectivity index (χ3v) is 3.81. The number of primary amides is 1. The summed E-state index contributed by atoms with van der Waals surface area (Å²) < 4.78 is 0. The standard InChI is InChI=1S/C18H27NO/c1-3-10-17(15(2)18(19)20)14-9-5-8-13-16-11-6-4-7-12-16/h4,6-7,11-12,17H,2-3,5,8-10,13-14H2,1H3,(H2,19,20). The van der Waals surface area contributed by atoms with Crippen molar-refractivity contribution >= 4 is 5.91 Å². The van der Waals surface area contributed by atoms with Gasteiger partial charge in [0.25, 0.3) is 0 Å². The highest BCUT2D eigenvalue weighted by Gasteiger charge is 2.15. The van der Waals surface area contributed by atoms with Crippen molar-refractivity contribution in [2.24, 2.45) is 11.7 Å². The summed E-state index contributed by atoms with van der Waals surface area (Å²) in [5.41, 5.74) is 7.34. The molecule has 2 nitrogen and oxygen atoms in total. The molecule has 0 saturated heterocycles. The lowest BCUT2D eigenvalue weighted by Gasteiger charge is -2.16. The molecule has 0 fully saturated rings. The molecule has 2 N–H and O–H groups in total. The van der Waals surface area contributed by atoms with Gasteiger partial charge in [-0.1, -0.05) is 63.1 Å². The molecule has 0 radical (unpaired) electrons. The monoisotopic (exact) mass is 273 g/mol. The molecule has 0 aliphatic rings. The zero-order valence-corrected chi connectivity index (χ0v) is 12.6. The van der Waals surface area contributed by atoms with E-state index in [1.165, 1.54) is 18.4 Å². The van der Waals surface area contributed by atoms with Gasteiger partial charge in [-0.05, 0) is 37.2 Å². The summed E-state index contributed by atoms with van der Waals surface area (Å²) in [7, 11) is 0. The van der Waals surface area contributed by atoms with Gasteiger partial charge in [-0.3, -0.25) is 4.79 Å². The molecule has 2 heteroatoms. The molecule has 1 aromatic carbocycles. The Kier molecular flexibility index (Phi) is 7.71. The largest absolute Gasteiger partial charge is 0.366 e. The molecular formula is C18H27NO. The van der Waals surface area contributed by atoms with E-state index in [0.717, 1.165) is 32.1 Å². The fourth-order valence-corrected chi connectivity index (χ4v) is 2.58. The maximum absolute atomic E-state index is 11.2. The van der Waals surface area contributed by atoms with Crippen molar-refractivity contribution in [1.29, 1.82) is 0 Å². The van der Waals surface area contributed by atoms with Gasteiger partial charge < -0.3 is 5.73 Å². The molecule has 20 heavy (non-hydrogen) atoms. The second-order valence-electron chi connectivity index (χ2n) is 5.46.